The summed E-state index contributed by atoms with van der Waals surface area (Å²) in [6.45, 7) is 1.89. The van der Waals surface area contributed by atoms with Crippen LogP contribution < -0.4 is 4.74 Å². The summed E-state index contributed by atoms with van der Waals surface area (Å²) >= 11 is 12.8. The Hall–Kier alpha value is -2.74. The normalized spacial score (nSPS) is 14.3. The molecule has 32 heavy (non-hydrogen) atoms. The van der Waals surface area contributed by atoms with Gasteiger partial charge in [0, 0.05) is 20.6 Å². The molecule has 0 amide bonds. The van der Waals surface area contributed by atoms with E-state index in [0.29, 0.717) is 26.2 Å². The molecule has 0 bridgehead atoms. The summed E-state index contributed by atoms with van der Waals surface area (Å²) in [6.07, 6.45) is 1.51. The summed E-state index contributed by atoms with van der Waals surface area (Å²) in [7, 11) is 0. The van der Waals surface area contributed by atoms with Gasteiger partial charge in [-0.2, -0.15) is 0 Å². The smallest absolute Gasteiger partial charge is 0.363 e. The van der Waals surface area contributed by atoms with E-state index in [0.717, 1.165) is 10.0 Å². The van der Waals surface area contributed by atoms with Crippen molar-refractivity contribution >= 4 is 67.4 Å². The fourth-order valence-electron chi connectivity index (χ4n) is 2.99. The molecule has 8 heteroatoms. The van der Waals surface area contributed by atoms with Gasteiger partial charge in [0.2, 0.25) is 5.90 Å². The van der Waals surface area contributed by atoms with Gasteiger partial charge >= 0.3 is 11.9 Å². The highest BCUT2D eigenvalue weighted by atomic mass is 79.9. The number of hydrogen-bond acceptors (Lipinski definition) is 5. The van der Waals surface area contributed by atoms with Gasteiger partial charge in [0.15, 0.2) is 11.4 Å². The molecular formula is C24H14Br2ClNO4. The van der Waals surface area contributed by atoms with Crippen LogP contribution in [0.15, 0.2) is 80.3 Å². The summed E-state index contributed by atoms with van der Waals surface area (Å²) in [5, 5.41) is 0.563. The lowest BCUT2D eigenvalue weighted by Gasteiger charge is -2.11. The maximum Gasteiger partial charge on any atom is 0.363 e. The second kappa shape index (κ2) is 9.40. The second-order valence-corrected chi connectivity index (χ2v) is 9.11. The number of carbonyl (C=O) groups excluding carboxylic acids is 2. The Labute approximate surface area is 206 Å². The molecule has 0 saturated carbocycles. The molecule has 160 valence electrons. The minimum Gasteiger partial charge on any atom is -0.421 e. The first kappa shape index (κ1) is 22.5. The summed E-state index contributed by atoms with van der Waals surface area (Å²) in [5.41, 5.74) is 2.52. The van der Waals surface area contributed by atoms with Crippen LogP contribution >= 0.6 is 43.5 Å². The number of ether oxygens (including phenoxy) is 2. The lowest BCUT2D eigenvalue weighted by atomic mass is 10.1. The molecule has 0 spiro atoms. The molecule has 0 aromatic heterocycles. The van der Waals surface area contributed by atoms with Crippen molar-refractivity contribution < 1.29 is 19.1 Å². The van der Waals surface area contributed by atoms with Gasteiger partial charge < -0.3 is 9.47 Å². The SMILES string of the molecule is Cc1cccc(C(=O)Oc2c(Br)cc(Br)cc2/C=C2\N=C(c3ccc(Cl)cc3)OC2=O)c1. The predicted octanol–water partition coefficient (Wildman–Crippen LogP) is 6.74. The van der Waals surface area contributed by atoms with Crippen LogP contribution in [0.2, 0.25) is 5.02 Å². The van der Waals surface area contributed by atoms with Gasteiger partial charge in [-0.3, -0.25) is 0 Å². The van der Waals surface area contributed by atoms with Gasteiger partial charge in [-0.25, -0.2) is 14.6 Å². The molecule has 0 saturated heterocycles. The van der Waals surface area contributed by atoms with Crippen molar-refractivity contribution in [1.29, 1.82) is 0 Å². The van der Waals surface area contributed by atoms with Gasteiger partial charge in [-0.05, 0) is 77.5 Å². The number of aryl methyl sites for hydroxylation is 1. The Morgan fingerprint density at radius 2 is 1.84 bits per heavy atom. The van der Waals surface area contributed by atoms with Crippen LogP contribution in [-0.2, 0) is 9.53 Å². The average molecular weight is 576 g/mol. The van der Waals surface area contributed by atoms with E-state index in [1.165, 1.54) is 6.08 Å². The Bertz CT molecular complexity index is 1300. The molecule has 1 aliphatic heterocycles. The number of aliphatic imine (C=N–C) groups is 1. The predicted molar refractivity (Wildman–Crippen MR) is 130 cm³/mol. The van der Waals surface area contributed by atoms with Crippen LogP contribution in [0.3, 0.4) is 0 Å². The Balaban J connectivity index is 1.70. The van der Waals surface area contributed by atoms with E-state index in [4.69, 9.17) is 21.1 Å². The van der Waals surface area contributed by atoms with E-state index in [2.05, 4.69) is 36.9 Å². The van der Waals surface area contributed by atoms with Gasteiger partial charge in [0.05, 0.1) is 10.0 Å². The third-order valence-corrected chi connectivity index (χ3v) is 5.79. The topological polar surface area (TPSA) is 65.0 Å². The molecule has 0 unspecified atom stereocenters. The Morgan fingerprint density at radius 3 is 2.56 bits per heavy atom. The number of benzene rings is 3. The number of hydrogen-bond donors (Lipinski definition) is 0. The maximum atomic E-state index is 12.7. The molecule has 1 heterocycles. The van der Waals surface area contributed by atoms with Gasteiger partial charge in [0.1, 0.15) is 0 Å². The Morgan fingerprint density at radius 1 is 1.09 bits per heavy atom. The lowest BCUT2D eigenvalue weighted by Crippen LogP contribution is -2.10. The van der Waals surface area contributed by atoms with Crippen LogP contribution in [0.5, 0.6) is 5.75 Å². The zero-order valence-electron chi connectivity index (χ0n) is 16.6. The van der Waals surface area contributed by atoms with Crippen molar-refractivity contribution in [3.8, 4) is 5.75 Å². The molecule has 4 rings (SSSR count). The van der Waals surface area contributed by atoms with E-state index in [-0.39, 0.29) is 17.3 Å². The number of esters is 2. The molecule has 0 N–H and O–H groups in total. The summed E-state index contributed by atoms with van der Waals surface area (Å²) in [4.78, 5) is 29.5. The third-order valence-electron chi connectivity index (χ3n) is 4.49. The molecule has 0 fully saturated rings. The zero-order chi connectivity index (χ0) is 22.8. The molecule has 1 aliphatic rings. The monoisotopic (exact) mass is 573 g/mol. The van der Waals surface area contributed by atoms with Crippen LogP contribution in [-0.4, -0.2) is 17.8 Å². The van der Waals surface area contributed by atoms with Crippen molar-refractivity contribution in [2.75, 3.05) is 0 Å². The maximum absolute atomic E-state index is 12.7. The van der Waals surface area contributed by atoms with E-state index in [1.54, 1.807) is 54.6 Å². The molecule has 3 aromatic carbocycles. The van der Waals surface area contributed by atoms with Crippen molar-refractivity contribution in [3.05, 3.63) is 103 Å². The van der Waals surface area contributed by atoms with E-state index in [1.807, 2.05) is 13.0 Å². The van der Waals surface area contributed by atoms with E-state index < -0.39 is 11.9 Å². The molecule has 3 aromatic rings. The molecule has 5 nitrogen and oxygen atoms in total. The van der Waals surface area contributed by atoms with Crippen LogP contribution in [0.25, 0.3) is 6.08 Å². The van der Waals surface area contributed by atoms with Crippen LogP contribution in [0, 0.1) is 6.92 Å². The molecular weight excluding hydrogens is 562 g/mol. The van der Waals surface area contributed by atoms with E-state index >= 15 is 0 Å². The number of carbonyl (C=O) groups is 2. The molecule has 0 aliphatic carbocycles. The first-order chi connectivity index (χ1) is 15.3. The number of halogens is 3. The minimum absolute atomic E-state index is 0.0767. The first-order valence-electron chi connectivity index (χ1n) is 9.36. The molecule has 0 radical (unpaired) electrons. The number of nitrogens with zero attached hydrogens (tertiary/aromatic N) is 1. The Kier molecular flexibility index (Phi) is 6.60. The molecule has 0 atom stereocenters. The largest absolute Gasteiger partial charge is 0.421 e. The standard InChI is InChI=1S/C24H14Br2ClNO4/c1-13-3-2-4-15(9-13)23(29)31-21-16(10-17(25)12-19(21)26)11-20-24(30)32-22(28-20)14-5-7-18(27)8-6-14/h2-12H,1H3/b20-11-. The number of rotatable bonds is 4. The summed E-state index contributed by atoms with van der Waals surface area (Å²) < 4.78 is 12.2. The van der Waals surface area contributed by atoms with Crippen molar-refractivity contribution in [3.63, 3.8) is 0 Å². The quantitative estimate of drug-likeness (QED) is 0.196. The first-order valence-corrected chi connectivity index (χ1v) is 11.3. The van der Waals surface area contributed by atoms with Crippen molar-refractivity contribution in [1.82, 2.24) is 0 Å². The number of cyclic esters (lactones) is 1. The fourth-order valence-corrected chi connectivity index (χ4v) is 4.46. The van der Waals surface area contributed by atoms with Crippen LogP contribution in [0.1, 0.15) is 27.0 Å². The van der Waals surface area contributed by atoms with Crippen molar-refractivity contribution in [2.24, 2.45) is 4.99 Å². The zero-order valence-corrected chi connectivity index (χ0v) is 20.5. The minimum atomic E-state index is -0.609. The van der Waals surface area contributed by atoms with Gasteiger partial charge in [-0.1, -0.05) is 45.2 Å². The van der Waals surface area contributed by atoms with E-state index in [9.17, 15) is 9.59 Å². The van der Waals surface area contributed by atoms with Crippen molar-refractivity contribution in [2.45, 2.75) is 6.92 Å². The lowest BCUT2D eigenvalue weighted by molar-refractivity contribution is -0.129. The van der Waals surface area contributed by atoms with Gasteiger partial charge in [-0.15, -0.1) is 0 Å². The second-order valence-electron chi connectivity index (χ2n) is 6.91. The van der Waals surface area contributed by atoms with Crippen LogP contribution in [0.4, 0.5) is 0 Å². The highest BCUT2D eigenvalue weighted by molar-refractivity contribution is 9.11. The highest BCUT2D eigenvalue weighted by Crippen LogP contribution is 2.35. The average Bonchev–Trinajstić information content (AvgIpc) is 3.11. The third kappa shape index (κ3) is 5.01. The summed E-state index contributed by atoms with van der Waals surface area (Å²) in [5.74, 6) is -0.696. The van der Waals surface area contributed by atoms with Gasteiger partial charge in [0.25, 0.3) is 0 Å². The summed E-state index contributed by atoms with van der Waals surface area (Å²) in [6, 6.07) is 17.4. The highest BCUT2D eigenvalue weighted by Gasteiger charge is 2.25. The fraction of sp³-hybridized carbons (Fsp3) is 0.0417.